The summed E-state index contributed by atoms with van der Waals surface area (Å²) in [6.07, 6.45) is 2.97. The molecule has 4 rings (SSSR count). The second-order valence-corrected chi connectivity index (χ2v) is 7.47. The number of hydrogen-bond donors (Lipinski definition) is 1. The number of benzene rings is 1. The molecule has 0 unspecified atom stereocenters. The third kappa shape index (κ3) is 5.11. The van der Waals surface area contributed by atoms with E-state index in [1.165, 1.54) is 23.0 Å². The van der Waals surface area contributed by atoms with Crippen LogP contribution in [-0.4, -0.2) is 24.1 Å². The van der Waals surface area contributed by atoms with Crippen molar-refractivity contribution in [2.75, 3.05) is 0 Å². The Hall–Kier alpha value is -4.49. The van der Waals surface area contributed by atoms with E-state index in [-0.39, 0.29) is 24.4 Å². The van der Waals surface area contributed by atoms with Crippen LogP contribution >= 0.6 is 11.6 Å². The highest BCUT2D eigenvalue weighted by atomic mass is 35.5. The van der Waals surface area contributed by atoms with Gasteiger partial charge in [0.15, 0.2) is 0 Å². The molecule has 0 saturated carbocycles. The van der Waals surface area contributed by atoms with Gasteiger partial charge in [-0.05, 0) is 49.4 Å². The first kappa shape index (κ1) is 22.7. The molecule has 0 spiro atoms. The second-order valence-electron chi connectivity index (χ2n) is 7.03. The molecule has 3 heterocycles. The van der Waals surface area contributed by atoms with Gasteiger partial charge in [-0.1, -0.05) is 11.6 Å². The lowest BCUT2D eigenvalue weighted by Gasteiger charge is -2.10. The number of nitriles is 1. The van der Waals surface area contributed by atoms with Crippen LogP contribution in [-0.2, 0) is 13.1 Å². The molecular weight excluding hydrogens is 458 g/mol. The number of hydrogen-bond acceptors (Lipinski definition) is 7. The van der Waals surface area contributed by atoms with Crippen molar-refractivity contribution in [1.82, 2.24) is 24.1 Å². The van der Waals surface area contributed by atoms with Crippen LogP contribution in [0.25, 0.3) is 0 Å². The summed E-state index contributed by atoms with van der Waals surface area (Å²) in [5, 5.41) is 9.44. The van der Waals surface area contributed by atoms with Gasteiger partial charge in [-0.2, -0.15) is 5.26 Å². The van der Waals surface area contributed by atoms with Crippen molar-refractivity contribution in [1.29, 1.82) is 5.26 Å². The number of H-pyrrole nitrogens is 1. The molecule has 170 valence electrons. The van der Waals surface area contributed by atoms with Crippen molar-refractivity contribution in [3.05, 3.63) is 104 Å². The van der Waals surface area contributed by atoms with E-state index in [2.05, 4.69) is 19.9 Å². The van der Waals surface area contributed by atoms with E-state index in [0.717, 1.165) is 4.57 Å². The molecule has 0 saturated heterocycles. The van der Waals surface area contributed by atoms with Crippen molar-refractivity contribution >= 4 is 17.3 Å². The SMILES string of the molecule is CCn1c(=O)[nH]/c(=N\c2ccc(Oc3ccnc(C#N)c3)cc2)n(Cc2ccc(Cl)cn2)c1=O. The minimum absolute atomic E-state index is 0.0814. The fraction of sp³-hybridized carbons (Fsp3) is 0.130. The van der Waals surface area contributed by atoms with Gasteiger partial charge in [-0.25, -0.2) is 24.1 Å². The van der Waals surface area contributed by atoms with E-state index >= 15 is 0 Å². The maximum absolute atomic E-state index is 13.0. The van der Waals surface area contributed by atoms with Crippen LogP contribution in [0.1, 0.15) is 18.3 Å². The van der Waals surface area contributed by atoms with Crippen LogP contribution < -0.4 is 21.7 Å². The van der Waals surface area contributed by atoms with E-state index in [1.807, 2.05) is 6.07 Å². The van der Waals surface area contributed by atoms with Gasteiger partial charge in [0.25, 0.3) is 0 Å². The highest BCUT2D eigenvalue weighted by molar-refractivity contribution is 6.30. The van der Waals surface area contributed by atoms with Gasteiger partial charge in [0.2, 0.25) is 5.62 Å². The second kappa shape index (κ2) is 9.97. The van der Waals surface area contributed by atoms with Gasteiger partial charge in [0.1, 0.15) is 23.3 Å². The molecule has 0 bridgehead atoms. The summed E-state index contributed by atoms with van der Waals surface area (Å²) < 4.78 is 8.16. The molecule has 1 N–H and O–H groups in total. The fourth-order valence-corrected chi connectivity index (χ4v) is 3.22. The minimum Gasteiger partial charge on any atom is -0.457 e. The number of ether oxygens (including phenoxy) is 1. The van der Waals surface area contributed by atoms with E-state index in [9.17, 15) is 9.59 Å². The first-order valence-corrected chi connectivity index (χ1v) is 10.6. The van der Waals surface area contributed by atoms with E-state index in [0.29, 0.717) is 27.9 Å². The average Bonchev–Trinajstić information content (AvgIpc) is 2.84. The lowest BCUT2D eigenvalue weighted by Crippen LogP contribution is -2.49. The monoisotopic (exact) mass is 475 g/mol. The van der Waals surface area contributed by atoms with Crippen molar-refractivity contribution < 1.29 is 4.74 Å². The lowest BCUT2D eigenvalue weighted by atomic mass is 10.3. The van der Waals surface area contributed by atoms with Gasteiger partial charge >= 0.3 is 11.4 Å². The van der Waals surface area contributed by atoms with Crippen molar-refractivity contribution in [2.45, 2.75) is 20.0 Å². The quantitative estimate of drug-likeness (QED) is 0.456. The highest BCUT2D eigenvalue weighted by Crippen LogP contribution is 2.23. The van der Waals surface area contributed by atoms with E-state index in [1.54, 1.807) is 49.4 Å². The third-order valence-corrected chi connectivity index (χ3v) is 4.98. The van der Waals surface area contributed by atoms with Crippen LogP contribution in [0.2, 0.25) is 5.02 Å². The Morgan fingerprint density at radius 2 is 1.88 bits per heavy atom. The normalized spacial score (nSPS) is 11.3. The highest BCUT2D eigenvalue weighted by Gasteiger charge is 2.09. The molecule has 0 amide bonds. The van der Waals surface area contributed by atoms with Gasteiger partial charge in [0, 0.05) is 25.0 Å². The predicted octanol–water partition coefficient (Wildman–Crippen LogP) is 2.75. The molecule has 3 aromatic heterocycles. The zero-order valence-corrected chi connectivity index (χ0v) is 18.7. The Balaban J connectivity index is 1.70. The molecular formula is C23H18ClN7O3. The number of rotatable bonds is 6. The zero-order chi connectivity index (χ0) is 24.1. The van der Waals surface area contributed by atoms with Crippen LogP contribution in [0.5, 0.6) is 11.5 Å². The molecule has 4 aromatic rings. The molecule has 0 fully saturated rings. The summed E-state index contributed by atoms with van der Waals surface area (Å²) in [5.74, 6) is 0.985. The molecule has 1 aromatic carbocycles. The third-order valence-electron chi connectivity index (χ3n) is 4.76. The molecule has 34 heavy (non-hydrogen) atoms. The summed E-state index contributed by atoms with van der Waals surface area (Å²) in [5.41, 5.74) is 0.329. The molecule has 0 aliphatic carbocycles. The van der Waals surface area contributed by atoms with Crippen LogP contribution in [0.3, 0.4) is 0 Å². The Morgan fingerprint density at radius 3 is 2.56 bits per heavy atom. The van der Waals surface area contributed by atoms with Gasteiger partial charge in [-0.3, -0.25) is 14.5 Å². The van der Waals surface area contributed by atoms with E-state index < -0.39 is 11.4 Å². The summed E-state index contributed by atoms with van der Waals surface area (Å²) in [6.45, 7) is 2.01. The number of aromatic nitrogens is 5. The summed E-state index contributed by atoms with van der Waals surface area (Å²) in [6, 6.07) is 15.2. The Kier molecular flexibility index (Phi) is 6.66. The molecule has 0 radical (unpaired) electrons. The maximum Gasteiger partial charge on any atom is 0.335 e. The number of nitrogens with one attached hydrogen (secondary N) is 1. The minimum atomic E-state index is -0.558. The molecule has 10 nitrogen and oxygen atoms in total. The fourth-order valence-electron chi connectivity index (χ4n) is 3.11. The Morgan fingerprint density at radius 1 is 1.09 bits per heavy atom. The molecule has 11 heteroatoms. The number of nitrogens with zero attached hydrogens (tertiary/aromatic N) is 6. The lowest BCUT2D eigenvalue weighted by molar-refractivity contribution is 0.481. The standard InChI is InChI=1S/C23H18ClN7O3/c1-2-30-22(32)29-21(31(23(30)33)14-17-4-3-15(24)13-27-17)28-16-5-7-19(8-6-16)34-20-9-10-26-18(11-20)12-25/h3-11,13H,2,14H2,1H3,(H,28,29,32). The van der Waals surface area contributed by atoms with Gasteiger partial charge in [-0.15, -0.1) is 0 Å². The number of halogens is 1. The molecule has 0 atom stereocenters. The first-order valence-electron chi connectivity index (χ1n) is 10.2. The number of pyridine rings is 2. The van der Waals surface area contributed by atoms with E-state index in [4.69, 9.17) is 21.6 Å². The first-order chi connectivity index (χ1) is 16.5. The van der Waals surface area contributed by atoms with Crippen molar-refractivity contribution in [2.24, 2.45) is 4.99 Å². The summed E-state index contributed by atoms with van der Waals surface area (Å²) >= 11 is 5.90. The zero-order valence-electron chi connectivity index (χ0n) is 18.0. The maximum atomic E-state index is 13.0. The van der Waals surface area contributed by atoms with Crippen LogP contribution in [0, 0.1) is 11.3 Å². The topological polar surface area (TPSA) is 131 Å². The van der Waals surface area contributed by atoms with Crippen LogP contribution in [0.15, 0.2) is 75.5 Å². The number of aromatic amines is 1. The largest absolute Gasteiger partial charge is 0.457 e. The predicted molar refractivity (Wildman–Crippen MR) is 124 cm³/mol. The summed E-state index contributed by atoms with van der Waals surface area (Å²) in [4.78, 5) is 40.6. The Labute approximate surface area is 198 Å². The van der Waals surface area contributed by atoms with Crippen molar-refractivity contribution in [3.63, 3.8) is 0 Å². The smallest absolute Gasteiger partial charge is 0.335 e. The average molecular weight is 476 g/mol. The summed E-state index contributed by atoms with van der Waals surface area (Å²) in [7, 11) is 0. The van der Waals surface area contributed by atoms with Gasteiger partial charge < -0.3 is 4.74 Å². The van der Waals surface area contributed by atoms with Gasteiger partial charge in [0.05, 0.1) is 22.9 Å². The van der Waals surface area contributed by atoms with Crippen LogP contribution in [0.4, 0.5) is 5.69 Å². The molecule has 0 aliphatic rings. The molecule has 0 aliphatic heterocycles. The Bertz CT molecular complexity index is 1550. The van der Waals surface area contributed by atoms with Crippen molar-refractivity contribution in [3.8, 4) is 17.6 Å².